The summed E-state index contributed by atoms with van der Waals surface area (Å²) in [7, 11) is 0. The van der Waals surface area contributed by atoms with Gasteiger partial charge in [-0.15, -0.1) is 0 Å². The zero-order valence-corrected chi connectivity index (χ0v) is 16.4. The van der Waals surface area contributed by atoms with Crippen molar-refractivity contribution in [3.8, 4) is 0 Å². The fourth-order valence-electron chi connectivity index (χ4n) is 3.64. The van der Waals surface area contributed by atoms with Crippen LogP contribution in [0.2, 0.25) is 0 Å². The highest BCUT2D eigenvalue weighted by Crippen LogP contribution is 2.37. The Balaban J connectivity index is 1.67. The van der Waals surface area contributed by atoms with Crippen molar-refractivity contribution >= 4 is 17.2 Å². The molecule has 1 aromatic carbocycles. The molecular formula is C21H25F2N5. The summed E-state index contributed by atoms with van der Waals surface area (Å²) in [5.74, 6) is -0.0506. The minimum absolute atomic E-state index is 0.126. The molecule has 1 fully saturated rings. The van der Waals surface area contributed by atoms with E-state index in [0.717, 1.165) is 49.1 Å². The monoisotopic (exact) mass is 385 g/mol. The Kier molecular flexibility index (Phi) is 4.69. The number of rotatable bonds is 4. The summed E-state index contributed by atoms with van der Waals surface area (Å²) in [6, 6.07) is 5.31. The predicted molar refractivity (Wildman–Crippen MR) is 107 cm³/mol. The van der Waals surface area contributed by atoms with Crippen molar-refractivity contribution in [3.05, 3.63) is 53.9 Å². The lowest BCUT2D eigenvalue weighted by Gasteiger charge is -2.26. The van der Waals surface area contributed by atoms with E-state index in [1.807, 2.05) is 12.3 Å². The number of hydrogen-bond acceptors (Lipinski definition) is 4. The molecule has 0 spiro atoms. The quantitative estimate of drug-likeness (QED) is 0.700. The lowest BCUT2D eigenvalue weighted by molar-refractivity contribution is 0.443. The van der Waals surface area contributed by atoms with Gasteiger partial charge in [-0.2, -0.15) is 5.10 Å². The van der Waals surface area contributed by atoms with E-state index in [0.29, 0.717) is 5.56 Å². The maximum absolute atomic E-state index is 14.4. The van der Waals surface area contributed by atoms with E-state index in [2.05, 4.69) is 36.1 Å². The third kappa shape index (κ3) is 3.66. The summed E-state index contributed by atoms with van der Waals surface area (Å²) in [5.41, 5.74) is 2.11. The highest BCUT2D eigenvalue weighted by Gasteiger charge is 2.30. The Labute approximate surface area is 163 Å². The standard InChI is InChI=1S/C21H25F2N5/c1-21(2,3)13-24-17-12-25-28-10-8-19(26-20(17)28)27-9-4-5-18(27)15-11-14(22)6-7-16(15)23/h6-8,10-12,18,24H,4-5,9,13H2,1-3H3/t18-/m1/s1. The van der Waals surface area contributed by atoms with Gasteiger partial charge >= 0.3 is 0 Å². The molecule has 1 N–H and O–H groups in total. The Hall–Kier alpha value is -2.70. The molecule has 3 heterocycles. The number of fused-ring (bicyclic) bond motifs is 1. The van der Waals surface area contributed by atoms with E-state index < -0.39 is 5.82 Å². The summed E-state index contributed by atoms with van der Waals surface area (Å²) in [5, 5.41) is 7.76. The number of aromatic nitrogens is 3. The van der Waals surface area contributed by atoms with Crippen molar-refractivity contribution in [1.82, 2.24) is 14.6 Å². The maximum Gasteiger partial charge on any atom is 0.180 e. The SMILES string of the molecule is CC(C)(C)CNc1cnn2ccc(N3CCC[C@@H]3c3cc(F)ccc3F)nc12. The van der Waals surface area contributed by atoms with Crippen molar-refractivity contribution in [2.75, 3.05) is 23.3 Å². The number of hydrogen-bond donors (Lipinski definition) is 1. The van der Waals surface area contributed by atoms with Crippen LogP contribution in [-0.2, 0) is 0 Å². The van der Waals surface area contributed by atoms with Gasteiger partial charge in [-0.05, 0) is 42.5 Å². The molecule has 1 saturated heterocycles. The van der Waals surface area contributed by atoms with Crippen LogP contribution in [0.15, 0.2) is 36.7 Å². The molecule has 148 valence electrons. The molecule has 0 unspecified atom stereocenters. The second-order valence-corrected chi connectivity index (χ2v) is 8.54. The highest BCUT2D eigenvalue weighted by molar-refractivity contribution is 5.68. The van der Waals surface area contributed by atoms with Crippen LogP contribution in [0, 0.1) is 17.0 Å². The Morgan fingerprint density at radius 2 is 2.04 bits per heavy atom. The van der Waals surface area contributed by atoms with Gasteiger partial charge in [0.25, 0.3) is 0 Å². The van der Waals surface area contributed by atoms with Crippen LogP contribution in [-0.4, -0.2) is 27.7 Å². The van der Waals surface area contributed by atoms with Crippen molar-refractivity contribution in [2.45, 2.75) is 39.7 Å². The smallest absolute Gasteiger partial charge is 0.180 e. The minimum atomic E-state index is -0.420. The Bertz CT molecular complexity index is 992. The Morgan fingerprint density at radius 3 is 2.82 bits per heavy atom. The number of nitrogens with one attached hydrogen (secondary N) is 1. The zero-order valence-electron chi connectivity index (χ0n) is 16.4. The molecule has 3 aromatic rings. The third-order valence-corrected chi connectivity index (χ3v) is 5.03. The number of benzene rings is 1. The van der Waals surface area contributed by atoms with Gasteiger partial charge in [0.1, 0.15) is 17.5 Å². The van der Waals surface area contributed by atoms with E-state index >= 15 is 0 Å². The van der Waals surface area contributed by atoms with Crippen molar-refractivity contribution in [2.24, 2.45) is 5.41 Å². The first-order valence-electron chi connectivity index (χ1n) is 9.62. The van der Waals surface area contributed by atoms with E-state index in [-0.39, 0.29) is 17.3 Å². The minimum Gasteiger partial charge on any atom is -0.380 e. The lowest BCUT2D eigenvalue weighted by Crippen LogP contribution is -2.24. The molecule has 7 heteroatoms. The van der Waals surface area contributed by atoms with Gasteiger partial charge in [0.15, 0.2) is 5.65 Å². The predicted octanol–water partition coefficient (Wildman–Crippen LogP) is 4.81. The molecule has 28 heavy (non-hydrogen) atoms. The number of halogens is 2. The molecule has 0 saturated carbocycles. The fraction of sp³-hybridized carbons (Fsp3) is 0.429. The molecule has 1 atom stereocenters. The van der Waals surface area contributed by atoms with Crippen LogP contribution in [0.3, 0.4) is 0 Å². The second kappa shape index (κ2) is 7.04. The van der Waals surface area contributed by atoms with Crippen LogP contribution in [0.5, 0.6) is 0 Å². The molecule has 4 rings (SSSR count). The van der Waals surface area contributed by atoms with Gasteiger partial charge in [-0.3, -0.25) is 0 Å². The highest BCUT2D eigenvalue weighted by atomic mass is 19.1. The average molecular weight is 385 g/mol. The van der Waals surface area contributed by atoms with Crippen LogP contribution in [0.1, 0.15) is 45.2 Å². The van der Waals surface area contributed by atoms with E-state index in [1.54, 1.807) is 10.7 Å². The van der Waals surface area contributed by atoms with E-state index in [1.165, 1.54) is 12.1 Å². The zero-order chi connectivity index (χ0) is 19.9. The summed E-state index contributed by atoms with van der Waals surface area (Å²) < 4.78 is 29.8. The molecule has 0 radical (unpaired) electrons. The van der Waals surface area contributed by atoms with Crippen LogP contribution in [0.4, 0.5) is 20.3 Å². The van der Waals surface area contributed by atoms with E-state index in [9.17, 15) is 8.78 Å². The largest absolute Gasteiger partial charge is 0.380 e. The summed E-state index contributed by atoms with van der Waals surface area (Å²) in [4.78, 5) is 6.85. The summed E-state index contributed by atoms with van der Waals surface area (Å²) in [6.07, 6.45) is 5.30. The molecule has 0 bridgehead atoms. The normalized spacial score (nSPS) is 17.5. The molecule has 2 aromatic heterocycles. The maximum atomic E-state index is 14.4. The molecule has 1 aliphatic heterocycles. The average Bonchev–Trinajstić information content (AvgIpc) is 3.27. The third-order valence-electron chi connectivity index (χ3n) is 5.03. The Morgan fingerprint density at radius 1 is 1.21 bits per heavy atom. The fourth-order valence-corrected chi connectivity index (χ4v) is 3.64. The van der Waals surface area contributed by atoms with Crippen molar-refractivity contribution < 1.29 is 8.78 Å². The van der Waals surface area contributed by atoms with Crippen molar-refractivity contribution in [1.29, 1.82) is 0 Å². The summed E-state index contributed by atoms with van der Waals surface area (Å²) in [6.45, 7) is 8.02. The molecule has 5 nitrogen and oxygen atoms in total. The van der Waals surface area contributed by atoms with Crippen LogP contribution >= 0.6 is 0 Å². The molecule has 1 aliphatic rings. The van der Waals surface area contributed by atoms with Gasteiger partial charge in [-0.1, -0.05) is 20.8 Å². The van der Waals surface area contributed by atoms with Gasteiger partial charge < -0.3 is 10.2 Å². The topological polar surface area (TPSA) is 45.5 Å². The van der Waals surface area contributed by atoms with Gasteiger partial charge in [0, 0.05) is 24.8 Å². The van der Waals surface area contributed by atoms with Gasteiger partial charge in [0.05, 0.1) is 17.9 Å². The number of nitrogens with zero attached hydrogens (tertiary/aromatic N) is 4. The molecule has 0 amide bonds. The van der Waals surface area contributed by atoms with Gasteiger partial charge in [0.2, 0.25) is 0 Å². The van der Waals surface area contributed by atoms with Crippen LogP contribution in [0.25, 0.3) is 5.65 Å². The molecular weight excluding hydrogens is 360 g/mol. The number of anilines is 2. The second-order valence-electron chi connectivity index (χ2n) is 8.54. The van der Waals surface area contributed by atoms with E-state index in [4.69, 9.17) is 4.98 Å². The molecule has 0 aliphatic carbocycles. The lowest BCUT2D eigenvalue weighted by atomic mass is 9.97. The first-order chi connectivity index (χ1) is 13.3. The summed E-state index contributed by atoms with van der Waals surface area (Å²) >= 11 is 0. The first kappa shape index (κ1) is 18.7. The van der Waals surface area contributed by atoms with Gasteiger partial charge in [-0.25, -0.2) is 18.3 Å². The first-order valence-corrected chi connectivity index (χ1v) is 9.62. The van der Waals surface area contributed by atoms with Crippen LogP contribution < -0.4 is 10.2 Å². The van der Waals surface area contributed by atoms with Crippen molar-refractivity contribution in [3.63, 3.8) is 0 Å².